The quantitative estimate of drug-likeness (QED) is 0.339. The Morgan fingerprint density at radius 3 is 2.31 bits per heavy atom. The van der Waals surface area contributed by atoms with Crippen LogP contribution in [0.1, 0.15) is 27.2 Å². The van der Waals surface area contributed by atoms with Crippen molar-refractivity contribution in [3.8, 4) is 17.2 Å². The molecule has 1 aromatic heterocycles. The van der Waals surface area contributed by atoms with Gasteiger partial charge in [0.05, 0.1) is 33.4 Å². The molecule has 7 nitrogen and oxygen atoms in total. The first kappa shape index (κ1) is 24.1. The summed E-state index contributed by atoms with van der Waals surface area (Å²) in [7, 11) is 4.74. The van der Waals surface area contributed by atoms with Crippen LogP contribution in [0.5, 0.6) is 17.2 Å². The number of ether oxygens (including phenoxy) is 3. The van der Waals surface area contributed by atoms with Crippen LogP contribution in [0.4, 0.5) is 4.39 Å². The van der Waals surface area contributed by atoms with Crippen molar-refractivity contribution >= 4 is 16.9 Å². The Morgan fingerprint density at radius 2 is 1.63 bits per heavy atom. The molecule has 0 amide bonds. The van der Waals surface area contributed by atoms with Crippen LogP contribution in [-0.2, 0) is 19.6 Å². The molecule has 1 heterocycles. The Morgan fingerprint density at radius 1 is 0.914 bits per heavy atom. The largest absolute Gasteiger partial charge is 0.497 e. The van der Waals surface area contributed by atoms with Gasteiger partial charge in [-0.3, -0.25) is 0 Å². The van der Waals surface area contributed by atoms with Crippen molar-refractivity contribution in [3.63, 3.8) is 0 Å². The third-order valence-corrected chi connectivity index (χ3v) is 5.97. The molecule has 8 heteroatoms. The number of aromatic carboxylic acids is 1. The van der Waals surface area contributed by atoms with Gasteiger partial charge in [-0.25, -0.2) is 9.18 Å². The maximum Gasteiger partial charge on any atom is 0.352 e. The minimum atomic E-state index is -1.09. The van der Waals surface area contributed by atoms with E-state index in [1.807, 2.05) is 24.3 Å². The lowest BCUT2D eigenvalue weighted by atomic mass is 10.1. The van der Waals surface area contributed by atoms with Gasteiger partial charge in [-0.05, 0) is 36.4 Å². The number of aromatic nitrogens is 1. The molecule has 0 aliphatic carbocycles. The standard InChI is InChI=1S/C27H27FN2O5/c1-33-19-9-11-25(35-3)18(12-19)14-29-15-22-21-10-8-20(34-2)13-24(21)30(26(22)27(31)32)16-17-6-4-5-7-23(17)28/h4-13,29H,14-16H2,1-3H3,(H,31,32). The van der Waals surface area contributed by atoms with Gasteiger partial charge in [0.1, 0.15) is 28.8 Å². The third-order valence-electron chi connectivity index (χ3n) is 5.97. The number of carboxylic acid groups (broad SMARTS) is 1. The fourth-order valence-electron chi connectivity index (χ4n) is 4.25. The van der Waals surface area contributed by atoms with Gasteiger partial charge in [-0.1, -0.05) is 18.2 Å². The van der Waals surface area contributed by atoms with Crippen LogP contribution in [0.3, 0.4) is 0 Å². The summed E-state index contributed by atoms with van der Waals surface area (Å²) in [6.45, 7) is 0.770. The first-order valence-corrected chi connectivity index (χ1v) is 11.0. The maximum absolute atomic E-state index is 14.5. The van der Waals surface area contributed by atoms with Crippen LogP contribution in [0.15, 0.2) is 60.7 Å². The van der Waals surface area contributed by atoms with E-state index in [9.17, 15) is 14.3 Å². The molecule has 182 valence electrons. The number of benzene rings is 3. The SMILES string of the molecule is COc1ccc(OC)c(CNCc2c(C(=O)O)n(Cc3ccccc3F)c3cc(OC)ccc23)c1. The minimum Gasteiger partial charge on any atom is -0.497 e. The molecule has 0 aliphatic heterocycles. The summed E-state index contributed by atoms with van der Waals surface area (Å²) >= 11 is 0. The summed E-state index contributed by atoms with van der Waals surface area (Å²) < 4.78 is 32.2. The normalized spacial score (nSPS) is 11.0. The maximum atomic E-state index is 14.5. The number of hydrogen-bond donors (Lipinski definition) is 2. The second-order valence-electron chi connectivity index (χ2n) is 7.97. The van der Waals surface area contributed by atoms with E-state index in [1.165, 1.54) is 6.07 Å². The molecule has 0 saturated heterocycles. The van der Waals surface area contributed by atoms with Gasteiger partial charge in [0.2, 0.25) is 0 Å². The van der Waals surface area contributed by atoms with Gasteiger partial charge >= 0.3 is 5.97 Å². The van der Waals surface area contributed by atoms with Crippen molar-refractivity contribution in [1.82, 2.24) is 9.88 Å². The van der Waals surface area contributed by atoms with Crippen molar-refractivity contribution < 1.29 is 28.5 Å². The summed E-state index contributed by atoms with van der Waals surface area (Å²) in [6, 6.07) is 17.3. The van der Waals surface area contributed by atoms with Gasteiger partial charge in [0.15, 0.2) is 0 Å². The smallest absolute Gasteiger partial charge is 0.352 e. The Labute approximate surface area is 202 Å². The van der Waals surface area contributed by atoms with E-state index in [0.29, 0.717) is 40.4 Å². The first-order valence-electron chi connectivity index (χ1n) is 11.0. The van der Waals surface area contributed by atoms with E-state index in [1.54, 1.807) is 56.2 Å². The number of nitrogens with one attached hydrogen (secondary N) is 1. The Kier molecular flexibility index (Phi) is 7.22. The van der Waals surface area contributed by atoms with Crippen LogP contribution in [0.25, 0.3) is 10.9 Å². The molecule has 4 aromatic rings. The van der Waals surface area contributed by atoms with E-state index in [4.69, 9.17) is 14.2 Å². The summed E-state index contributed by atoms with van der Waals surface area (Å²) in [6.07, 6.45) is 0. The van der Waals surface area contributed by atoms with E-state index < -0.39 is 11.8 Å². The Balaban J connectivity index is 1.74. The van der Waals surface area contributed by atoms with E-state index in [2.05, 4.69) is 5.32 Å². The zero-order chi connectivity index (χ0) is 24.9. The van der Waals surface area contributed by atoms with Gasteiger partial charge in [0.25, 0.3) is 0 Å². The minimum absolute atomic E-state index is 0.0711. The number of methoxy groups -OCH3 is 3. The van der Waals surface area contributed by atoms with Gasteiger partial charge in [-0.2, -0.15) is 0 Å². The molecule has 2 N–H and O–H groups in total. The van der Waals surface area contributed by atoms with Crippen molar-refractivity contribution in [2.45, 2.75) is 19.6 Å². The molecule has 35 heavy (non-hydrogen) atoms. The molecule has 0 atom stereocenters. The van der Waals surface area contributed by atoms with Crippen LogP contribution in [-0.4, -0.2) is 37.0 Å². The lowest BCUT2D eigenvalue weighted by Gasteiger charge is -2.12. The molecular formula is C27H27FN2O5. The predicted molar refractivity (Wildman–Crippen MR) is 131 cm³/mol. The highest BCUT2D eigenvalue weighted by atomic mass is 19.1. The van der Waals surface area contributed by atoms with Crippen molar-refractivity contribution in [2.75, 3.05) is 21.3 Å². The first-order chi connectivity index (χ1) is 17.0. The number of carboxylic acids is 1. The van der Waals surface area contributed by atoms with E-state index >= 15 is 0 Å². The number of halogens is 1. The third kappa shape index (κ3) is 4.93. The van der Waals surface area contributed by atoms with Crippen molar-refractivity contribution in [1.29, 1.82) is 0 Å². The highest BCUT2D eigenvalue weighted by Crippen LogP contribution is 2.31. The monoisotopic (exact) mass is 478 g/mol. The second-order valence-corrected chi connectivity index (χ2v) is 7.97. The average Bonchev–Trinajstić information content (AvgIpc) is 3.17. The zero-order valence-electron chi connectivity index (χ0n) is 19.8. The van der Waals surface area contributed by atoms with Crippen LogP contribution in [0, 0.1) is 5.82 Å². The van der Waals surface area contributed by atoms with E-state index in [-0.39, 0.29) is 18.8 Å². The van der Waals surface area contributed by atoms with E-state index in [0.717, 1.165) is 10.9 Å². The van der Waals surface area contributed by atoms with Crippen LogP contribution in [0.2, 0.25) is 0 Å². The summed E-state index contributed by atoms with van der Waals surface area (Å²) in [5.41, 5.74) is 2.63. The highest BCUT2D eigenvalue weighted by molar-refractivity contribution is 5.98. The topological polar surface area (TPSA) is 82.0 Å². The van der Waals surface area contributed by atoms with Crippen LogP contribution < -0.4 is 19.5 Å². The van der Waals surface area contributed by atoms with Crippen molar-refractivity contribution in [3.05, 3.63) is 88.9 Å². The molecule has 0 spiro atoms. The molecular weight excluding hydrogens is 451 g/mol. The second kappa shape index (κ2) is 10.5. The van der Waals surface area contributed by atoms with Crippen LogP contribution >= 0.6 is 0 Å². The molecule has 0 bridgehead atoms. The summed E-state index contributed by atoms with van der Waals surface area (Å²) in [5, 5.41) is 14.3. The molecule has 0 saturated carbocycles. The number of rotatable bonds is 10. The lowest BCUT2D eigenvalue weighted by Crippen LogP contribution is -2.17. The van der Waals surface area contributed by atoms with Gasteiger partial charge in [-0.15, -0.1) is 0 Å². The number of hydrogen-bond acceptors (Lipinski definition) is 5. The summed E-state index contributed by atoms with van der Waals surface area (Å²) in [4.78, 5) is 12.4. The fourth-order valence-corrected chi connectivity index (χ4v) is 4.25. The highest BCUT2D eigenvalue weighted by Gasteiger charge is 2.23. The Hall–Kier alpha value is -4.04. The number of carbonyl (C=O) groups is 1. The molecule has 0 radical (unpaired) electrons. The number of fused-ring (bicyclic) bond motifs is 1. The number of nitrogens with zero attached hydrogens (tertiary/aromatic N) is 1. The fraction of sp³-hybridized carbons (Fsp3) is 0.222. The molecule has 0 aliphatic rings. The van der Waals surface area contributed by atoms with Gasteiger partial charge in [0, 0.05) is 41.2 Å². The molecule has 3 aromatic carbocycles. The van der Waals surface area contributed by atoms with Gasteiger partial charge < -0.3 is 29.2 Å². The summed E-state index contributed by atoms with van der Waals surface area (Å²) in [5.74, 6) is 0.499. The lowest BCUT2D eigenvalue weighted by molar-refractivity contribution is 0.0684. The molecule has 4 rings (SSSR count). The zero-order valence-corrected chi connectivity index (χ0v) is 19.8. The molecule has 0 fully saturated rings. The average molecular weight is 479 g/mol. The predicted octanol–water partition coefficient (Wildman–Crippen LogP) is 4.84. The van der Waals surface area contributed by atoms with Crippen molar-refractivity contribution in [2.24, 2.45) is 0 Å². The molecule has 0 unspecified atom stereocenters. The Bertz CT molecular complexity index is 1370.